The Kier molecular flexibility index (Phi) is 9.51. The van der Waals surface area contributed by atoms with Gasteiger partial charge in [-0.05, 0) is 61.9 Å². The first-order chi connectivity index (χ1) is 14.7. The highest BCUT2D eigenvalue weighted by Gasteiger charge is 2.30. The Morgan fingerprint density at radius 2 is 1.84 bits per heavy atom. The van der Waals surface area contributed by atoms with Gasteiger partial charge in [-0.2, -0.15) is 13.2 Å². The minimum absolute atomic E-state index is 0.118. The molecule has 0 saturated carbocycles. The highest BCUT2D eigenvalue weighted by atomic mass is 32.2. The van der Waals surface area contributed by atoms with Crippen LogP contribution in [0.2, 0.25) is 0 Å². The van der Waals surface area contributed by atoms with Crippen molar-refractivity contribution in [1.82, 2.24) is 0 Å². The third-order valence-electron chi connectivity index (χ3n) is 4.21. The number of hydrogen-bond donors (Lipinski definition) is 1. The first-order valence-corrected chi connectivity index (χ1v) is 10.6. The monoisotopic (exact) mass is 458 g/mol. The molecule has 9 heteroatoms. The molecule has 0 aliphatic carbocycles. The van der Waals surface area contributed by atoms with E-state index in [-0.39, 0.29) is 25.7 Å². The van der Waals surface area contributed by atoms with E-state index in [1.807, 2.05) is 19.1 Å². The molecule has 0 amide bonds. The van der Waals surface area contributed by atoms with Crippen LogP contribution in [0.15, 0.2) is 47.4 Å². The summed E-state index contributed by atoms with van der Waals surface area (Å²) in [5, 5.41) is 9.59. The molecule has 0 fully saturated rings. The van der Waals surface area contributed by atoms with E-state index >= 15 is 0 Å². The number of alkyl halides is 3. The van der Waals surface area contributed by atoms with E-state index in [1.54, 1.807) is 13.0 Å². The van der Waals surface area contributed by atoms with E-state index in [0.29, 0.717) is 23.9 Å². The summed E-state index contributed by atoms with van der Waals surface area (Å²) in [6, 6.07) is 9.99. The molecule has 0 aromatic heterocycles. The second kappa shape index (κ2) is 11.9. The van der Waals surface area contributed by atoms with E-state index in [4.69, 9.17) is 14.2 Å². The first kappa shape index (κ1) is 24.9. The van der Waals surface area contributed by atoms with Gasteiger partial charge in [0.2, 0.25) is 0 Å². The number of thioether (sulfide) groups is 1. The Labute approximate surface area is 183 Å². The molecule has 0 bridgehead atoms. The van der Waals surface area contributed by atoms with Crippen LogP contribution >= 0.6 is 11.8 Å². The number of carbonyl (C=O) groups is 1. The highest BCUT2D eigenvalue weighted by molar-refractivity contribution is 7.99. The van der Waals surface area contributed by atoms with Gasteiger partial charge in [0.1, 0.15) is 11.5 Å². The van der Waals surface area contributed by atoms with Crippen LogP contribution in [-0.4, -0.2) is 43.3 Å². The zero-order chi connectivity index (χ0) is 22.9. The van der Waals surface area contributed by atoms with Crippen molar-refractivity contribution in [2.24, 2.45) is 5.92 Å². The number of rotatable bonds is 11. The summed E-state index contributed by atoms with van der Waals surface area (Å²) in [5.41, 5.74) is 0.120. The quantitative estimate of drug-likeness (QED) is 0.388. The third kappa shape index (κ3) is 8.34. The normalized spacial score (nSPS) is 12.3. The lowest BCUT2D eigenvalue weighted by atomic mass is 10.2. The zero-order valence-corrected chi connectivity index (χ0v) is 18.1. The van der Waals surface area contributed by atoms with Gasteiger partial charge < -0.3 is 19.3 Å². The minimum atomic E-state index is -4.39. The Morgan fingerprint density at radius 3 is 2.42 bits per heavy atom. The maximum Gasteiger partial charge on any atom is 0.416 e. The summed E-state index contributed by atoms with van der Waals surface area (Å²) in [4.78, 5) is 12.3. The molecular weight excluding hydrogens is 433 g/mol. The van der Waals surface area contributed by atoms with E-state index in [0.717, 1.165) is 22.6 Å². The maximum atomic E-state index is 12.6. The van der Waals surface area contributed by atoms with Gasteiger partial charge in [-0.3, -0.25) is 0 Å². The Hall–Kier alpha value is -2.39. The lowest BCUT2D eigenvalue weighted by Crippen LogP contribution is -2.18. The summed E-state index contributed by atoms with van der Waals surface area (Å²) < 4.78 is 53.6. The van der Waals surface area contributed by atoms with E-state index in [9.17, 15) is 23.1 Å². The molecule has 0 heterocycles. The second-order valence-electron chi connectivity index (χ2n) is 6.71. The van der Waals surface area contributed by atoms with E-state index in [2.05, 4.69) is 0 Å². The number of benzene rings is 2. The molecule has 0 spiro atoms. The number of aliphatic hydroxyl groups excluding tert-OH is 1. The standard InChI is InChI=1S/C22H25F3O5S/c1-3-28-21(27)13-30-20-9-8-19(10-15(20)2)31-14-16(11-26)12-29-18-6-4-17(5-7-18)22(23,24)25/h4-10,16,26H,3,11-14H2,1-2H3. The lowest BCUT2D eigenvalue weighted by molar-refractivity contribution is -0.145. The van der Waals surface area contributed by atoms with E-state index < -0.39 is 17.7 Å². The van der Waals surface area contributed by atoms with Crippen LogP contribution < -0.4 is 9.47 Å². The molecule has 1 N–H and O–H groups in total. The zero-order valence-electron chi connectivity index (χ0n) is 17.3. The average Bonchev–Trinajstić information content (AvgIpc) is 2.73. The summed E-state index contributed by atoms with van der Waals surface area (Å²) in [5.74, 6) is 0.822. The van der Waals surface area contributed by atoms with Crippen LogP contribution in [0.3, 0.4) is 0 Å². The molecule has 1 atom stereocenters. The topological polar surface area (TPSA) is 65.0 Å². The minimum Gasteiger partial charge on any atom is -0.493 e. The molecule has 2 aromatic rings. The van der Waals surface area contributed by atoms with Crippen LogP contribution in [-0.2, 0) is 15.7 Å². The van der Waals surface area contributed by atoms with Gasteiger partial charge in [0, 0.05) is 23.2 Å². The maximum absolute atomic E-state index is 12.6. The summed E-state index contributed by atoms with van der Waals surface area (Å²) in [6.07, 6.45) is -4.39. The van der Waals surface area contributed by atoms with Gasteiger partial charge in [0.25, 0.3) is 0 Å². The Bertz CT molecular complexity index is 840. The van der Waals surface area contributed by atoms with Crippen LogP contribution in [0.1, 0.15) is 18.1 Å². The number of carbonyl (C=O) groups excluding carboxylic acids is 1. The van der Waals surface area contributed by atoms with Crippen LogP contribution in [0.5, 0.6) is 11.5 Å². The summed E-state index contributed by atoms with van der Waals surface area (Å²) in [6.45, 7) is 3.79. The fourth-order valence-electron chi connectivity index (χ4n) is 2.53. The Balaban J connectivity index is 1.83. The van der Waals surface area contributed by atoms with Crippen LogP contribution in [0.25, 0.3) is 0 Å². The molecule has 170 valence electrons. The van der Waals surface area contributed by atoms with Gasteiger partial charge in [-0.1, -0.05) is 0 Å². The summed E-state index contributed by atoms with van der Waals surface area (Å²) >= 11 is 1.51. The van der Waals surface area contributed by atoms with Gasteiger partial charge >= 0.3 is 12.1 Å². The largest absolute Gasteiger partial charge is 0.493 e. The number of halogens is 3. The van der Waals surface area contributed by atoms with Crippen molar-refractivity contribution in [3.63, 3.8) is 0 Å². The molecule has 2 rings (SSSR count). The van der Waals surface area contributed by atoms with Crippen molar-refractivity contribution >= 4 is 17.7 Å². The molecule has 0 radical (unpaired) electrons. The smallest absolute Gasteiger partial charge is 0.416 e. The fraction of sp³-hybridized carbons (Fsp3) is 0.409. The predicted molar refractivity (Wildman–Crippen MR) is 112 cm³/mol. The second-order valence-corrected chi connectivity index (χ2v) is 7.81. The number of ether oxygens (including phenoxy) is 3. The third-order valence-corrected chi connectivity index (χ3v) is 5.43. The van der Waals surface area contributed by atoms with Crippen molar-refractivity contribution in [3.8, 4) is 11.5 Å². The molecular formula is C22H25F3O5S. The predicted octanol–water partition coefficient (Wildman–Crippen LogP) is 4.74. The van der Waals surface area contributed by atoms with Crippen molar-refractivity contribution in [3.05, 3.63) is 53.6 Å². The van der Waals surface area contributed by atoms with Crippen molar-refractivity contribution < 1.29 is 37.3 Å². The lowest BCUT2D eigenvalue weighted by Gasteiger charge is -2.16. The molecule has 0 aliphatic rings. The highest BCUT2D eigenvalue weighted by Crippen LogP contribution is 2.31. The van der Waals surface area contributed by atoms with Gasteiger partial charge in [-0.25, -0.2) is 4.79 Å². The van der Waals surface area contributed by atoms with E-state index in [1.165, 1.54) is 23.9 Å². The SMILES string of the molecule is CCOC(=O)COc1ccc(SCC(CO)COc2ccc(C(F)(F)F)cc2)cc1C. The molecule has 5 nitrogen and oxygen atoms in total. The number of aliphatic hydroxyl groups is 1. The molecule has 1 unspecified atom stereocenters. The molecule has 0 saturated heterocycles. The fourth-order valence-corrected chi connectivity index (χ4v) is 3.59. The van der Waals surface area contributed by atoms with Crippen molar-refractivity contribution in [2.75, 3.05) is 32.2 Å². The van der Waals surface area contributed by atoms with Gasteiger partial charge in [0.15, 0.2) is 6.61 Å². The molecule has 2 aromatic carbocycles. The molecule has 0 aliphatic heterocycles. The number of esters is 1. The number of hydrogen-bond acceptors (Lipinski definition) is 6. The average molecular weight is 458 g/mol. The molecule has 31 heavy (non-hydrogen) atoms. The van der Waals surface area contributed by atoms with Crippen molar-refractivity contribution in [1.29, 1.82) is 0 Å². The van der Waals surface area contributed by atoms with Crippen LogP contribution in [0.4, 0.5) is 13.2 Å². The van der Waals surface area contributed by atoms with Gasteiger partial charge in [0.05, 0.1) is 18.8 Å². The first-order valence-electron chi connectivity index (χ1n) is 9.65. The summed E-state index contributed by atoms with van der Waals surface area (Å²) in [7, 11) is 0. The Morgan fingerprint density at radius 1 is 1.13 bits per heavy atom. The van der Waals surface area contributed by atoms with Crippen molar-refractivity contribution in [2.45, 2.75) is 24.9 Å². The van der Waals surface area contributed by atoms with Crippen LogP contribution in [0, 0.1) is 12.8 Å². The van der Waals surface area contributed by atoms with Gasteiger partial charge in [-0.15, -0.1) is 11.8 Å². The number of aryl methyl sites for hydroxylation is 1.